The Morgan fingerprint density at radius 1 is 0.567 bits per heavy atom. The van der Waals surface area contributed by atoms with Crippen molar-refractivity contribution in [3.05, 3.63) is 102 Å². The maximum absolute atomic E-state index is 10.3. The fraction of sp³-hybridized carbons (Fsp3) is 0.125. The summed E-state index contributed by atoms with van der Waals surface area (Å²) < 4.78 is 0. The molecule has 0 spiro atoms. The molecule has 3 aromatic carbocycles. The number of hydrogen-bond acceptors (Lipinski definition) is 6. The third-order valence-electron chi connectivity index (χ3n) is 3.85. The van der Waals surface area contributed by atoms with E-state index >= 15 is 0 Å². The Balaban J connectivity index is 0.000000485. The zero-order valence-corrected chi connectivity index (χ0v) is 16.7. The molecule has 3 aromatic rings. The van der Waals surface area contributed by atoms with Crippen LogP contribution in [0.25, 0.3) is 0 Å². The number of hydrogen-bond donors (Lipinski definition) is 0. The summed E-state index contributed by atoms with van der Waals surface area (Å²) in [6.07, 6.45) is 4.18. The van der Waals surface area contributed by atoms with E-state index in [-0.39, 0.29) is 5.92 Å². The molecule has 6 nitrogen and oxygen atoms in total. The summed E-state index contributed by atoms with van der Waals surface area (Å²) in [5.41, 5.74) is 4.27. The molecule has 0 amide bonds. The van der Waals surface area contributed by atoms with Crippen molar-refractivity contribution in [1.29, 1.82) is 0 Å². The maximum Gasteiger partial charge on any atom is 0.240 e. The van der Waals surface area contributed by atoms with E-state index in [2.05, 4.69) is 63.5 Å². The second-order valence-electron chi connectivity index (χ2n) is 5.68. The lowest BCUT2D eigenvalue weighted by Crippen LogP contribution is -2.02. The van der Waals surface area contributed by atoms with E-state index in [0.29, 0.717) is 5.69 Å². The summed E-state index contributed by atoms with van der Waals surface area (Å²) in [4.78, 5) is 37.6. The third kappa shape index (κ3) is 8.22. The molecule has 0 saturated carbocycles. The monoisotopic (exact) mass is 399 g/mol. The summed E-state index contributed by atoms with van der Waals surface area (Å²) in [6.45, 7) is 0. The van der Waals surface area contributed by atoms with Gasteiger partial charge in [0.25, 0.3) is 0 Å². The van der Waals surface area contributed by atoms with Crippen LogP contribution in [0.2, 0.25) is 0 Å². The molecule has 150 valence electrons. The van der Waals surface area contributed by atoms with Crippen LogP contribution in [0.4, 0.5) is 5.69 Å². The zero-order valence-electron chi connectivity index (χ0n) is 16.7. The Labute approximate surface area is 175 Å². The Morgan fingerprint density at radius 3 is 1.27 bits per heavy atom. The van der Waals surface area contributed by atoms with Crippen molar-refractivity contribution in [3.63, 3.8) is 0 Å². The van der Waals surface area contributed by atoms with E-state index in [0.717, 1.165) is 0 Å². The molecule has 6 heteroatoms. The highest BCUT2D eigenvalue weighted by atomic mass is 16.1. The molecule has 0 aliphatic carbocycles. The van der Waals surface area contributed by atoms with Crippen LogP contribution < -0.4 is 0 Å². The first kappa shape index (κ1) is 23.8. The summed E-state index contributed by atoms with van der Waals surface area (Å²) in [5, 5.41) is 0. The number of nitrogens with zero attached hydrogens (tertiary/aromatic N) is 3. The molecular weight excluding hydrogens is 378 g/mol. The standard InChI is InChI=1S/C20H15NO.2C2H3NO/c22-15-21-19-13-11-18(12-14-19)20(16-7-3-1-4-8-16)17-9-5-2-6-10-17;2*1-3-2-4/h1-14,20H;2*1H3. The Hall–Kier alpha value is -4.20. The van der Waals surface area contributed by atoms with Crippen LogP contribution in [0.3, 0.4) is 0 Å². The smallest absolute Gasteiger partial charge is 0.211 e. The van der Waals surface area contributed by atoms with E-state index < -0.39 is 0 Å². The molecular formula is C24H21N3O3. The van der Waals surface area contributed by atoms with Gasteiger partial charge in [0, 0.05) is 20.0 Å². The van der Waals surface area contributed by atoms with Crippen molar-refractivity contribution in [2.24, 2.45) is 15.0 Å². The largest absolute Gasteiger partial charge is 0.240 e. The minimum absolute atomic E-state index is 0.164. The van der Waals surface area contributed by atoms with Crippen molar-refractivity contribution < 1.29 is 14.4 Å². The van der Waals surface area contributed by atoms with Gasteiger partial charge in [-0.15, -0.1) is 0 Å². The molecule has 0 bridgehead atoms. The van der Waals surface area contributed by atoms with Crippen molar-refractivity contribution in [2.45, 2.75) is 5.92 Å². The highest BCUT2D eigenvalue weighted by Crippen LogP contribution is 2.32. The molecule has 0 fully saturated rings. The van der Waals surface area contributed by atoms with Gasteiger partial charge < -0.3 is 0 Å². The van der Waals surface area contributed by atoms with E-state index in [4.69, 9.17) is 9.59 Å². The first-order valence-electron chi connectivity index (χ1n) is 8.91. The van der Waals surface area contributed by atoms with Crippen molar-refractivity contribution >= 4 is 23.9 Å². The molecule has 3 rings (SSSR count). The van der Waals surface area contributed by atoms with Gasteiger partial charge in [-0.2, -0.15) is 4.99 Å². The maximum atomic E-state index is 10.3. The molecule has 0 heterocycles. The van der Waals surface area contributed by atoms with Gasteiger partial charge >= 0.3 is 0 Å². The van der Waals surface area contributed by atoms with Crippen LogP contribution in [-0.2, 0) is 14.4 Å². The van der Waals surface area contributed by atoms with E-state index in [1.165, 1.54) is 42.9 Å². The predicted octanol–water partition coefficient (Wildman–Crippen LogP) is 4.74. The second-order valence-corrected chi connectivity index (χ2v) is 5.68. The number of isocyanates is 3. The summed E-state index contributed by atoms with van der Waals surface area (Å²) in [5.74, 6) is 0.164. The highest BCUT2D eigenvalue weighted by Gasteiger charge is 2.15. The van der Waals surface area contributed by atoms with E-state index in [1.54, 1.807) is 6.08 Å². The summed E-state index contributed by atoms with van der Waals surface area (Å²) >= 11 is 0. The predicted molar refractivity (Wildman–Crippen MR) is 116 cm³/mol. The lowest BCUT2D eigenvalue weighted by molar-refractivity contribution is 0.564. The van der Waals surface area contributed by atoms with Gasteiger partial charge in [-0.1, -0.05) is 72.8 Å². The zero-order chi connectivity index (χ0) is 22.0. The molecule has 0 saturated heterocycles. The number of benzene rings is 3. The van der Waals surface area contributed by atoms with Gasteiger partial charge in [0.1, 0.15) is 0 Å². The summed E-state index contributed by atoms with van der Waals surface area (Å²) in [6, 6.07) is 28.5. The number of rotatable bonds is 4. The second kappa shape index (κ2) is 14.8. The Bertz CT molecular complexity index is 961. The average molecular weight is 399 g/mol. The molecule has 0 unspecified atom stereocenters. The number of carbonyl (C=O) groups excluding carboxylic acids is 3. The van der Waals surface area contributed by atoms with Gasteiger partial charge in [0.15, 0.2) is 0 Å². The van der Waals surface area contributed by atoms with Crippen LogP contribution in [0.15, 0.2) is 99.9 Å². The molecule has 0 aliphatic heterocycles. The molecule has 30 heavy (non-hydrogen) atoms. The van der Waals surface area contributed by atoms with Crippen molar-refractivity contribution in [2.75, 3.05) is 14.1 Å². The van der Waals surface area contributed by atoms with E-state index in [9.17, 15) is 4.79 Å². The number of aliphatic imine (C=N–C) groups is 3. The van der Waals surface area contributed by atoms with Crippen LogP contribution in [0, 0.1) is 0 Å². The minimum atomic E-state index is 0.164. The molecule has 0 aromatic heterocycles. The quantitative estimate of drug-likeness (QED) is 0.361. The van der Waals surface area contributed by atoms with Gasteiger partial charge in [-0.3, -0.25) is 0 Å². The van der Waals surface area contributed by atoms with E-state index in [1.807, 2.05) is 36.4 Å². The lowest BCUT2D eigenvalue weighted by Gasteiger charge is -2.18. The molecule has 0 radical (unpaired) electrons. The highest BCUT2D eigenvalue weighted by molar-refractivity contribution is 5.51. The fourth-order valence-electron chi connectivity index (χ4n) is 2.66. The minimum Gasteiger partial charge on any atom is -0.211 e. The lowest BCUT2D eigenvalue weighted by atomic mass is 9.85. The SMILES string of the molecule is CN=C=O.CN=C=O.O=C=Nc1ccc(C(c2ccccc2)c2ccccc2)cc1. The molecule has 0 N–H and O–H groups in total. The third-order valence-corrected chi connectivity index (χ3v) is 3.85. The first-order valence-corrected chi connectivity index (χ1v) is 8.91. The Kier molecular flexibility index (Phi) is 11.8. The van der Waals surface area contributed by atoms with Crippen molar-refractivity contribution in [3.8, 4) is 0 Å². The molecule has 0 aliphatic rings. The first-order chi connectivity index (χ1) is 14.7. The Morgan fingerprint density at radius 2 is 0.933 bits per heavy atom. The molecule has 0 atom stereocenters. The van der Waals surface area contributed by atoms with Crippen molar-refractivity contribution in [1.82, 2.24) is 0 Å². The summed E-state index contributed by atoms with van der Waals surface area (Å²) in [7, 11) is 2.76. The van der Waals surface area contributed by atoms with Gasteiger partial charge in [0.2, 0.25) is 18.2 Å². The van der Waals surface area contributed by atoms with Gasteiger partial charge in [0.05, 0.1) is 5.69 Å². The average Bonchev–Trinajstić information content (AvgIpc) is 2.82. The van der Waals surface area contributed by atoms with Crippen LogP contribution in [-0.4, -0.2) is 32.3 Å². The van der Waals surface area contributed by atoms with Crippen LogP contribution in [0.1, 0.15) is 22.6 Å². The van der Waals surface area contributed by atoms with Crippen LogP contribution in [0.5, 0.6) is 0 Å². The van der Waals surface area contributed by atoms with Gasteiger partial charge in [-0.25, -0.2) is 24.4 Å². The normalized spacial score (nSPS) is 8.63. The fourth-order valence-corrected chi connectivity index (χ4v) is 2.66. The van der Waals surface area contributed by atoms with Crippen LogP contribution >= 0.6 is 0 Å². The topological polar surface area (TPSA) is 88.3 Å². The van der Waals surface area contributed by atoms with Gasteiger partial charge in [-0.05, 0) is 28.8 Å².